The minimum Gasteiger partial charge on any atom is -0.457 e. The Balaban J connectivity index is 1.28. The van der Waals surface area contributed by atoms with E-state index in [9.17, 15) is 9.59 Å². The lowest BCUT2D eigenvalue weighted by molar-refractivity contribution is -0.148. The zero-order valence-corrected chi connectivity index (χ0v) is 20.0. The normalized spacial score (nSPS) is 12.1. The minimum atomic E-state index is -0.670. The number of amides is 1. The zero-order valence-electron chi connectivity index (χ0n) is 18.4. The molecule has 4 aromatic rings. The highest BCUT2D eigenvalue weighted by Crippen LogP contribution is 2.44. The maximum absolute atomic E-state index is 13.1. The Morgan fingerprint density at radius 1 is 0.829 bits per heavy atom. The molecular formula is C28H20ClNO4S. The molecule has 4 aromatic carbocycles. The standard InChI is InChI=1S/C28H20ClNO4S/c29-18-13-15-19(16-14-18)35-25-12-6-3-9-22(25)30-26(31)17-33-28(32)27-20-7-1-4-10-23(20)34-24-11-5-2-8-21(24)27/h1-16,27H,17H2,(H,30,31). The molecule has 1 N–H and O–H groups in total. The quantitative estimate of drug-likeness (QED) is 0.291. The van der Waals surface area contributed by atoms with Gasteiger partial charge in [-0.2, -0.15) is 0 Å². The van der Waals surface area contributed by atoms with Gasteiger partial charge in [-0.05, 0) is 48.5 Å². The predicted molar refractivity (Wildman–Crippen MR) is 136 cm³/mol. The molecule has 0 bridgehead atoms. The second-order valence-electron chi connectivity index (χ2n) is 7.82. The Bertz CT molecular complexity index is 1340. The highest BCUT2D eigenvalue weighted by atomic mass is 35.5. The molecule has 0 atom stereocenters. The number of carbonyl (C=O) groups excluding carboxylic acids is 2. The van der Waals surface area contributed by atoms with Gasteiger partial charge in [-0.15, -0.1) is 0 Å². The van der Waals surface area contributed by atoms with Crippen LogP contribution >= 0.6 is 23.4 Å². The number of hydrogen-bond donors (Lipinski definition) is 1. The Labute approximate surface area is 212 Å². The molecule has 0 unspecified atom stereocenters. The lowest BCUT2D eigenvalue weighted by atomic mass is 9.88. The summed E-state index contributed by atoms with van der Waals surface area (Å²) < 4.78 is 11.4. The summed E-state index contributed by atoms with van der Waals surface area (Å²) in [4.78, 5) is 27.7. The highest BCUT2D eigenvalue weighted by Gasteiger charge is 2.33. The maximum Gasteiger partial charge on any atom is 0.318 e. The van der Waals surface area contributed by atoms with Crippen molar-refractivity contribution in [1.82, 2.24) is 0 Å². The van der Waals surface area contributed by atoms with Crippen molar-refractivity contribution in [3.05, 3.63) is 113 Å². The summed E-state index contributed by atoms with van der Waals surface area (Å²) >= 11 is 7.47. The molecule has 0 saturated carbocycles. The van der Waals surface area contributed by atoms with Crippen LogP contribution in [0, 0.1) is 0 Å². The third-order valence-corrected chi connectivity index (χ3v) is 6.80. The van der Waals surface area contributed by atoms with Gasteiger partial charge in [0.25, 0.3) is 5.91 Å². The monoisotopic (exact) mass is 501 g/mol. The third-order valence-electron chi connectivity index (χ3n) is 5.46. The lowest BCUT2D eigenvalue weighted by Crippen LogP contribution is -2.26. The van der Waals surface area contributed by atoms with E-state index in [0.717, 1.165) is 9.79 Å². The van der Waals surface area contributed by atoms with E-state index < -0.39 is 24.4 Å². The second-order valence-corrected chi connectivity index (χ2v) is 9.37. The number of halogens is 1. The number of hydrogen-bond acceptors (Lipinski definition) is 5. The van der Waals surface area contributed by atoms with E-state index in [1.807, 2.05) is 97.1 Å². The van der Waals surface area contributed by atoms with Gasteiger partial charge in [0.2, 0.25) is 0 Å². The summed E-state index contributed by atoms with van der Waals surface area (Å²) in [6.45, 7) is -0.402. The number of rotatable bonds is 6. The van der Waals surface area contributed by atoms with Crippen LogP contribution in [0.1, 0.15) is 17.0 Å². The summed E-state index contributed by atoms with van der Waals surface area (Å²) in [6, 6.07) is 29.6. The van der Waals surface area contributed by atoms with Gasteiger partial charge in [0.05, 0.1) is 5.69 Å². The van der Waals surface area contributed by atoms with Crippen molar-refractivity contribution in [2.45, 2.75) is 15.7 Å². The number of benzene rings is 4. The van der Waals surface area contributed by atoms with Crippen molar-refractivity contribution in [2.75, 3.05) is 11.9 Å². The number of carbonyl (C=O) groups is 2. The van der Waals surface area contributed by atoms with Gasteiger partial charge in [0.15, 0.2) is 6.61 Å². The molecule has 1 aliphatic rings. The maximum atomic E-state index is 13.1. The Morgan fingerprint density at radius 3 is 2.11 bits per heavy atom. The van der Waals surface area contributed by atoms with E-state index in [4.69, 9.17) is 21.1 Å². The van der Waals surface area contributed by atoms with Crippen molar-refractivity contribution < 1.29 is 19.1 Å². The number of nitrogens with one attached hydrogen (secondary N) is 1. The molecule has 0 aromatic heterocycles. The fraction of sp³-hybridized carbons (Fsp3) is 0.0714. The topological polar surface area (TPSA) is 64.6 Å². The van der Waals surface area contributed by atoms with Crippen LogP contribution in [0.3, 0.4) is 0 Å². The molecule has 0 spiro atoms. The SMILES string of the molecule is O=C(COC(=O)C1c2ccccc2Oc2ccccc21)Nc1ccccc1Sc1ccc(Cl)cc1. The van der Waals surface area contributed by atoms with E-state index in [0.29, 0.717) is 33.3 Å². The van der Waals surface area contributed by atoms with Crippen LogP contribution in [0.4, 0.5) is 5.69 Å². The average Bonchev–Trinajstić information content (AvgIpc) is 2.88. The van der Waals surface area contributed by atoms with Gasteiger partial charge < -0.3 is 14.8 Å². The molecule has 0 aliphatic carbocycles. The van der Waals surface area contributed by atoms with Crippen LogP contribution in [-0.2, 0) is 14.3 Å². The Hall–Kier alpha value is -3.74. The molecule has 1 heterocycles. The van der Waals surface area contributed by atoms with Crippen LogP contribution in [0.25, 0.3) is 0 Å². The third kappa shape index (κ3) is 5.19. The molecule has 0 radical (unpaired) electrons. The number of fused-ring (bicyclic) bond motifs is 2. The summed E-state index contributed by atoms with van der Waals surface area (Å²) in [6.07, 6.45) is 0. The second kappa shape index (κ2) is 10.3. The van der Waals surface area contributed by atoms with Gasteiger partial charge in [0.1, 0.15) is 17.4 Å². The smallest absolute Gasteiger partial charge is 0.318 e. The fourth-order valence-electron chi connectivity index (χ4n) is 3.86. The van der Waals surface area contributed by atoms with Crippen LogP contribution in [0.2, 0.25) is 5.02 Å². The highest BCUT2D eigenvalue weighted by molar-refractivity contribution is 7.99. The number of esters is 1. The first kappa shape index (κ1) is 23.0. The van der Waals surface area contributed by atoms with E-state index in [-0.39, 0.29) is 0 Å². The number of ether oxygens (including phenoxy) is 2. The van der Waals surface area contributed by atoms with E-state index in [1.54, 1.807) is 0 Å². The van der Waals surface area contributed by atoms with Crippen molar-refractivity contribution in [2.24, 2.45) is 0 Å². The van der Waals surface area contributed by atoms with Gasteiger partial charge in [0, 0.05) is 25.9 Å². The minimum absolute atomic E-state index is 0.402. The molecule has 0 fully saturated rings. The first-order chi connectivity index (χ1) is 17.1. The Kier molecular flexibility index (Phi) is 6.75. The molecule has 174 valence electrons. The largest absolute Gasteiger partial charge is 0.457 e. The average molecular weight is 502 g/mol. The predicted octanol–water partition coefficient (Wildman–Crippen LogP) is 6.91. The van der Waals surface area contributed by atoms with Crippen LogP contribution < -0.4 is 10.1 Å². The van der Waals surface area contributed by atoms with Crippen LogP contribution in [0.15, 0.2) is 107 Å². The van der Waals surface area contributed by atoms with E-state index >= 15 is 0 Å². The summed E-state index contributed by atoms with van der Waals surface area (Å²) in [7, 11) is 0. The Morgan fingerprint density at radius 2 is 1.43 bits per heavy atom. The molecule has 1 aliphatic heterocycles. The van der Waals surface area contributed by atoms with Gasteiger partial charge >= 0.3 is 5.97 Å². The van der Waals surface area contributed by atoms with Crippen molar-refractivity contribution in [3.8, 4) is 11.5 Å². The lowest BCUT2D eigenvalue weighted by Gasteiger charge is -2.26. The molecule has 1 amide bonds. The molecule has 5 rings (SSSR count). The molecule has 0 saturated heterocycles. The molecule has 5 nitrogen and oxygen atoms in total. The molecular weight excluding hydrogens is 482 g/mol. The van der Waals surface area contributed by atoms with Crippen molar-refractivity contribution in [1.29, 1.82) is 0 Å². The van der Waals surface area contributed by atoms with Gasteiger partial charge in [-0.25, -0.2) is 0 Å². The first-order valence-electron chi connectivity index (χ1n) is 10.9. The van der Waals surface area contributed by atoms with Crippen molar-refractivity contribution >= 4 is 40.9 Å². The van der Waals surface area contributed by atoms with E-state index in [1.165, 1.54) is 11.8 Å². The van der Waals surface area contributed by atoms with Gasteiger partial charge in [-0.1, -0.05) is 71.9 Å². The summed E-state index contributed by atoms with van der Waals surface area (Å²) in [5, 5.41) is 3.51. The first-order valence-corrected chi connectivity index (χ1v) is 12.1. The number of para-hydroxylation sites is 3. The summed E-state index contributed by atoms with van der Waals surface area (Å²) in [5.74, 6) is -0.392. The van der Waals surface area contributed by atoms with Gasteiger partial charge in [-0.3, -0.25) is 9.59 Å². The number of anilines is 1. The van der Waals surface area contributed by atoms with Crippen LogP contribution in [0.5, 0.6) is 11.5 Å². The van der Waals surface area contributed by atoms with E-state index in [2.05, 4.69) is 5.32 Å². The fourth-order valence-corrected chi connectivity index (χ4v) is 4.89. The van der Waals surface area contributed by atoms with Crippen LogP contribution in [-0.4, -0.2) is 18.5 Å². The molecule has 7 heteroatoms. The summed E-state index contributed by atoms with van der Waals surface area (Å²) in [5.41, 5.74) is 2.05. The van der Waals surface area contributed by atoms with Crippen molar-refractivity contribution in [3.63, 3.8) is 0 Å². The zero-order chi connectivity index (χ0) is 24.2. The molecule has 35 heavy (non-hydrogen) atoms.